The average molecular weight is 316 g/mol. The van der Waals surface area contributed by atoms with Crippen LogP contribution in [0.1, 0.15) is 10.4 Å². The Bertz CT molecular complexity index is 949. The Morgan fingerprint density at radius 3 is 2.50 bits per heavy atom. The van der Waals surface area contributed by atoms with Crippen LogP contribution in [0.3, 0.4) is 0 Å². The third-order valence-corrected chi connectivity index (χ3v) is 3.57. The molecule has 0 radical (unpaired) electrons. The maximum atomic E-state index is 12.5. The zero-order chi connectivity index (χ0) is 15.9. The first-order valence-electron chi connectivity index (χ1n) is 6.33. The van der Waals surface area contributed by atoms with E-state index in [0.29, 0.717) is 19.7 Å². The maximum Gasteiger partial charge on any atom is 0.298 e. The average Bonchev–Trinajstić information content (AvgIpc) is 2.51. The van der Waals surface area contributed by atoms with Crippen molar-refractivity contribution >= 4 is 28.5 Å². The summed E-state index contributed by atoms with van der Waals surface area (Å²) in [7, 11) is 0. The van der Waals surface area contributed by atoms with Crippen molar-refractivity contribution in [3.8, 4) is 11.3 Å². The van der Waals surface area contributed by atoms with Crippen molar-refractivity contribution in [1.29, 1.82) is 0 Å². The van der Waals surface area contributed by atoms with Crippen LogP contribution < -0.4 is 10.2 Å². The molecular weight excluding hydrogens is 306 g/mol. The summed E-state index contributed by atoms with van der Waals surface area (Å²) >= 11 is 5.82. The van der Waals surface area contributed by atoms with Crippen molar-refractivity contribution in [3.63, 3.8) is 0 Å². The zero-order valence-electron chi connectivity index (χ0n) is 11.2. The molecule has 0 aliphatic heterocycles. The van der Waals surface area contributed by atoms with E-state index in [1.807, 2.05) is 0 Å². The number of amides is 1. The molecule has 0 saturated heterocycles. The fraction of sp³-hybridized carbons (Fsp3) is 0. The van der Waals surface area contributed by atoms with Gasteiger partial charge in [0.2, 0.25) is 0 Å². The Balaban J connectivity index is 2.37. The maximum absolute atomic E-state index is 12.5. The Kier molecular flexibility index (Phi) is 3.30. The molecule has 1 aromatic heterocycles. The Morgan fingerprint density at radius 1 is 1.18 bits per heavy atom. The molecule has 0 aliphatic rings. The monoisotopic (exact) mass is 315 g/mol. The lowest BCUT2D eigenvalue weighted by Gasteiger charge is -2.17. The molecule has 6 nitrogen and oxygen atoms in total. The summed E-state index contributed by atoms with van der Waals surface area (Å²) < 4.78 is 1.08. The van der Waals surface area contributed by atoms with Crippen LogP contribution >= 0.6 is 11.6 Å². The highest BCUT2D eigenvalue weighted by molar-refractivity contribution is 6.30. The van der Waals surface area contributed by atoms with Crippen LogP contribution in [0.2, 0.25) is 5.02 Å². The number of aromatic nitrogens is 2. The van der Waals surface area contributed by atoms with Gasteiger partial charge in [0.25, 0.3) is 17.6 Å². The van der Waals surface area contributed by atoms with Crippen LogP contribution in [0.5, 0.6) is 0 Å². The lowest BCUT2D eigenvalue weighted by atomic mass is 10.1. The van der Waals surface area contributed by atoms with Crippen LogP contribution in [0.4, 0.5) is 0 Å². The predicted molar refractivity (Wildman–Crippen MR) is 83.0 cm³/mol. The molecule has 110 valence electrons. The largest absolute Gasteiger partial charge is 0.805 e. The number of para-hydroxylation sites is 1. The van der Waals surface area contributed by atoms with Crippen molar-refractivity contribution in [2.75, 3.05) is 0 Å². The molecular formula is C15H10ClN3O3. The van der Waals surface area contributed by atoms with Crippen molar-refractivity contribution < 1.29 is 9.22 Å². The number of carbonyl (C=O) groups excluding carboxylic acids is 1. The zero-order valence-corrected chi connectivity index (χ0v) is 11.9. The van der Waals surface area contributed by atoms with Gasteiger partial charge in [-0.25, -0.2) is 0 Å². The molecule has 0 atom stereocenters. The number of nitrogens with zero attached hydrogens (tertiary/aromatic N) is 2. The summed E-state index contributed by atoms with van der Waals surface area (Å²) in [6.07, 6.45) is 1.12. The molecule has 0 spiro atoms. The number of fused-ring (bicyclic) bond motifs is 1. The number of hydrogen-bond acceptors (Lipinski definition) is 3. The molecule has 0 saturated carbocycles. The second-order valence-electron chi connectivity index (χ2n) is 4.68. The van der Waals surface area contributed by atoms with E-state index in [2.05, 4.69) is 0 Å². The SMILES string of the molecule is NC(=O)c1cccc2c1[n+](=O)cc(-c1ccc(Cl)cc1)n2[O-]. The van der Waals surface area contributed by atoms with E-state index < -0.39 is 5.91 Å². The van der Waals surface area contributed by atoms with Gasteiger partial charge in [0.1, 0.15) is 16.8 Å². The van der Waals surface area contributed by atoms with Gasteiger partial charge in [-0.05, 0) is 24.3 Å². The molecule has 2 aromatic carbocycles. The van der Waals surface area contributed by atoms with E-state index in [1.165, 1.54) is 18.2 Å². The topological polar surface area (TPSA) is 94.1 Å². The molecule has 1 amide bonds. The van der Waals surface area contributed by atoms with Crippen molar-refractivity contribution in [2.45, 2.75) is 0 Å². The number of nitrogens with two attached hydrogens (primary N) is 1. The van der Waals surface area contributed by atoms with Gasteiger partial charge in [-0.2, -0.15) is 0 Å². The first kappa shape index (κ1) is 14.1. The highest BCUT2D eigenvalue weighted by Crippen LogP contribution is 2.24. The molecule has 3 aromatic rings. The van der Waals surface area contributed by atoms with Gasteiger partial charge in [-0.15, -0.1) is 0 Å². The van der Waals surface area contributed by atoms with Crippen LogP contribution in [-0.2, 0) is 0 Å². The number of primary amides is 1. The number of carbonyl (C=O) groups is 1. The lowest BCUT2D eigenvalue weighted by Crippen LogP contribution is -2.23. The first-order valence-corrected chi connectivity index (χ1v) is 6.71. The minimum Gasteiger partial charge on any atom is -0.805 e. The normalized spacial score (nSPS) is 10.8. The van der Waals surface area contributed by atoms with E-state index in [9.17, 15) is 14.9 Å². The molecule has 1 heterocycles. The van der Waals surface area contributed by atoms with Crippen LogP contribution in [-0.4, -0.2) is 10.6 Å². The molecule has 7 heteroatoms. The van der Waals surface area contributed by atoms with Gasteiger partial charge in [-0.3, -0.25) is 4.79 Å². The number of rotatable bonds is 2. The van der Waals surface area contributed by atoms with Crippen LogP contribution in [0, 0.1) is 10.1 Å². The summed E-state index contributed by atoms with van der Waals surface area (Å²) in [5.74, 6) is -0.769. The summed E-state index contributed by atoms with van der Waals surface area (Å²) in [6.45, 7) is 0. The van der Waals surface area contributed by atoms with E-state index in [4.69, 9.17) is 17.3 Å². The summed E-state index contributed by atoms with van der Waals surface area (Å²) in [4.78, 5) is 23.7. The highest BCUT2D eigenvalue weighted by atomic mass is 35.5. The third kappa shape index (κ3) is 2.19. The molecule has 22 heavy (non-hydrogen) atoms. The van der Waals surface area contributed by atoms with E-state index >= 15 is 0 Å². The molecule has 0 fully saturated rings. The van der Waals surface area contributed by atoms with Crippen LogP contribution in [0.25, 0.3) is 22.3 Å². The highest BCUT2D eigenvalue weighted by Gasteiger charge is 2.20. The quantitative estimate of drug-likeness (QED) is 0.735. The third-order valence-electron chi connectivity index (χ3n) is 3.32. The molecule has 2 N–H and O–H groups in total. The Labute approximate surface area is 129 Å². The van der Waals surface area contributed by atoms with Gasteiger partial charge in [0.15, 0.2) is 0 Å². The van der Waals surface area contributed by atoms with Crippen molar-refractivity contribution in [3.05, 3.63) is 69.4 Å². The standard InChI is InChI=1S/C15H10ClN3O3/c16-10-6-4-9(5-7-10)13-8-18(21)14-11(15(17)20)2-1-3-12(14)19(13)22/h1-8H,(H2,17,20). The molecule has 0 unspecified atom stereocenters. The summed E-state index contributed by atoms with van der Waals surface area (Å²) in [5.41, 5.74) is 5.95. The van der Waals surface area contributed by atoms with E-state index in [-0.39, 0.29) is 22.3 Å². The fourth-order valence-electron chi connectivity index (χ4n) is 2.30. The number of hydrogen-bond donors (Lipinski definition) is 1. The lowest BCUT2D eigenvalue weighted by molar-refractivity contribution is -0.464. The van der Waals surface area contributed by atoms with Gasteiger partial charge < -0.3 is 15.7 Å². The summed E-state index contributed by atoms with van der Waals surface area (Å²) in [6, 6.07) is 10.9. The van der Waals surface area contributed by atoms with Crippen molar-refractivity contribution in [1.82, 2.24) is 4.73 Å². The smallest absolute Gasteiger partial charge is 0.298 e. The van der Waals surface area contributed by atoms with Gasteiger partial charge in [0, 0.05) is 15.5 Å². The Hall–Kier alpha value is -2.86. The van der Waals surface area contributed by atoms with E-state index in [0.717, 1.165) is 6.20 Å². The minimum atomic E-state index is -0.769. The summed E-state index contributed by atoms with van der Waals surface area (Å²) in [5, 5.41) is 13.0. The minimum absolute atomic E-state index is 0.000226. The van der Waals surface area contributed by atoms with E-state index in [1.54, 1.807) is 24.3 Å². The van der Waals surface area contributed by atoms with Crippen molar-refractivity contribution in [2.24, 2.45) is 5.73 Å². The van der Waals surface area contributed by atoms with Gasteiger partial charge in [-0.1, -0.05) is 29.8 Å². The second kappa shape index (κ2) is 5.16. The molecule has 3 rings (SSSR count). The Morgan fingerprint density at radius 2 is 1.86 bits per heavy atom. The number of halogens is 1. The predicted octanol–water partition coefficient (Wildman–Crippen LogP) is 2.32. The fourth-order valence-corrected chi connectivity index (χ4v) is 2.42. The second-order valence-corrected chi connectivity index (χ2v) is 5.12. The van der Waals surface area contributed by atoms with Gasteiger partial charge in [0.05, 0.1) is 4.43 Å². The first-order chi connectivity index (χ1) is 10.5. The van der Waals surface area contributed by atoms with Crippen LogP contribution in [0.15, 0.2) is 48.7 Å². The number of benzene rings is 2. The molecule has 0 bridgehead atoms. The van der Waals surface area contributed by atoms with Gasteiger partial charge >= 0.3 is 0 Å². The molecule has 0 aliphatic carbocycles.